The first kappa shape index (κ1) is 19.1. The second-order valence-electron chi connectivity index (χ2n) is 7.68. The van der Waals surface area contributed by atoms with Crippen molar-refractivity contribution >= 4 is 16.9 Å². The van der Waals surface area contributed by atoms with Crippen LogP contribution in [-0.2, 0) is 13.1 Å². The number of H-pyrrole nitrogens is 1. The van der Waals surface area contributed by atoms with Gasteiger partial charge in [-0.15, -0.1) is 0 Å². The molecule has 0 bridgehead atoms. The van der Waals surface area contributed by atoms with Crippen LogP contribution in [0.4, 0.5) is 0 Å². The van der Waals surface area contributed by atoms with E-state index in [1.54, 1.807) is 6.07 Å². The molecule has 0 radical (unpaired) electrons. The van der Waals surface area contributed by atoms with Gasteiger partial charge >= 0.3 is 5.69 Å². The molecule has 29 heavy (non-hydrogen) atoms. The van der Waals surface area contributed by atoms with E-state index < -0.39 is 11.2 Å². The predicted octanol–water partition coefficient (Wildman–Crippen LogP) is 2.53. The van der Waals surface area contributed by atoms with Gasteiger partial charge in [0.25, 0.3) is 11.5 Å². The minimum absolute atomic E-state index is 0.161. The number of rotatable bonds is 5. The van der Waals surface area contributed by atoms with Crippen LogP contribution in [0.1, 0.15) is 58.4 Å². The Balaban J connectivity index is 1.78. The SMILES string of the molecule is CCn1c(=O)[nH]c(=O)c2c(C(=O)NCc3ccc(C)cc3C)cc(C3CC3)nc21. The Labute approximate surface area is 167 Å². The van der Waals surface area contributed by atoms with Crippen LogP contribution in [0.25, 0.3) is 11.0 Å². The number of benzene rings is 1. The molecule has 0 aliphatic heterocycles. The highest BCUT2D eigenvalue weighted by atomic mass is 16.2. The van der Waals surface area contributed by atoms with Gasteiger partial charge in [0.05, 0.1) is 10.9 Å². The number of hydrogen-bond donors (Lipinski definition) is 2. The van der Waals surface area contributed by atoms with Gasteiger partial charge in [-0.2, -0.15) is 0 Å². The molecule has 0 atom stereocenters. The van der Waals surface area contributed by atoms with Crippen molar-refractivity contribution in [1.82, 2.24) is 19.9 Å². The summed E-state index contributed by atoms with van der Waals surface area (Å²) in [6.45, 7) is 6.56. The number of amides is 1. The van der Waals surface area contributed by atoms with E-state index in [1.807, 2.05) is 32.9 Å². The standard InChI is InChI=1S/C22H24N4O3/c1-4-26-19-18(21(28)25-22(26)29)16(10-17(24-19)14-7-8-14)20(27)23-11-15-6-5-12(2)9-13(15)3/h5-6,9-10,14H,4,7-8,11H2,1-3H3,(H,23,27)(H,25,28,29). The molecule has 1 amide bonds. The second kappa shape index (κ2) is 7.31. The van der Waals surface area contributed by atoms with Gasteiger partial charge in [-0.05, 0) is 50.8 Å². The Morgan fingerprint density at radius 1 is 1.24 bits per heavy atom. The van der Waals surface area contributed by atoms with Crippen LogP contribution >= 0.6 is 0 Å². The zero-order chi connectivity index (χ0) is 20.7. The van der Waals surface area contributed by atoms with Gasteiger partial charge in [-0.1, -0.05) is 23.8 Å². The van der Waals surface area contributed by atoms with Crippen LogP contribution in [0.15, 0.2) is 33.9 Å². The van der Waals surface area contributed by atoms with Gasteiger partial charge in [-0.25, -0.2) is 9.78 Å². The number of aromatic amines is 1. The minimum atomic E-state index is -0.582. The Morgan fingerprint density at radius 2 is 2.00 bits per heavy atom. The normalized spacial score (nSPS) is 13.6. The van der Waals surface area contributed by atoms with Crippen molar-refractivity contribution in [1.29, 1.82) is 0 Å². The van der Waals surface area contributed by atoms with E-state index in [-0.39, 0.29) is 28.4 Å². The monoisotopic (exact) mass is 392 g/mol. The van der Waals surface area contributed by atoms with Crippen LogP contribution in [0, 0.1) is 13.8 Å². The van der Waals surface area contributed by atoms with E-state index in [0.717, 1.165) is 35.2 Å². The lowest BCUT2D eigenvalue weighted by Crippen LogP contribution is -2.33. The summed E-state index contributed by atoms with van der Waals surface area (Å²) < 4.78 is 1.41. The first-order chi connectivity index (χ1) is 13.9. The maximum Gasteiger partial charge on any atom is 0.329 e. The molecule has 1 aliphatic carbocycles. The molecule has 3 aromatic rings. The van der Waals surface area contributed by atoms with Gasteiger partial charge in [0, 0.05) is 24.7 Å². The molecule has 2 aromatic heterocycles. The molecule has 1 aliphatic rings. The lowest BCUT2D eigenvalue weighted by Gasteiger charge is -2.13. The van der Waals surface area contributed by atoms with Crippen LogP contribution in [0.3, 0.4) is 0 Å². The van der Waals surface area contributed by atoms with Crippen LogP contribution in [-0.4, -0.2) is 20.4 Å². The van der Waals surface area contributed by atoms with Crippen LogP contribution < -0.4 is 16.6 Å². The highest BCUT2D eigenvalue weighted by Crippen LogP contribution is 2.39. The van der Waals surface area contributed by atoms with Crippen molar-refractivity contribution in [2.24, 2.45) is 0 Å². The average molecular weight is 392 g/mol. The van der Waals surface area contributed by atoms with E-state index in [2.05, 4.69) is 21.4 Å². The van der Waals surface area contributed by atoms with Crippen molar-refractivity contribution in [3.05, 3.63) is 73.1 Å². The molecule has 4 rings (SSSR count). The van der Waals surface area contributed by atoms with E-state index in [9.17, 15) is 14.4 Å². The fourth-order valence-corrected chi connectivity index (χ4v) is 3.67. The third kappa shape index (κ3) is 3.60. The fraction of sp³-hybridized carbons (Fsp3) is 0.364. The topological polar surface area (TPSA) is 96.9 Å². The predicted molar refractivity (Wildman–Crippen MR) is 111 cm³/mol. The number of hydrogen-bond acceptors (Lipinski definition) is 4. The molecule has 7 nitrogen and oxygen atoms in total. The van der Waals surface area contributed by atoms with E-state index in [0.29, 0.717) is 13.1 Å². The maximum atomic E-state index is 13.1. The summed E-state index contributed by atoms with van der Waals surface area (Å²) in [6.07, 6.45) is 2.00. The number of aryl methyl sites for hydroxylation is 3. The lowest BCUT2D eigenvalue weighted by molar-refractivity contribution is 0.0952. The summed E-state index contributed by atoms with van der Waals surface area (Å²) in [4.78, 5) is 44.7. The smallest absolute Gasteiger partial charge is 0.329 e. The van der Waals surface area contributed by atoms with Gasteiger partial charge < -0.3 is 5.32 Å². The first-order valence-electron chi connectivity index (χ1n) is 9.91. The lowest BCUT2D eigenvalue weighted by atomic mass is 10.1. The maximum absolute atomic E-state index is 13.1. The Hall–Kier alpha value is -3.22. The Bertz CT molecular complexity index is 1240. The number of nitrogens with zero attached hydrogens (tertiary/aromatic N) is 2. The Kier molecular flexibility index (Phi) is 4.82. The van der Waals surface area contributed by atoms with E-state index in [4.69, 9.17) is 0 Å². The van der Waals surface area contributed by atoms with Gasteiger partial charge in [0.2, 0.25) is 0 Å². The number of carbonyl (C=O) groups excluding carboxylic acids is 1. The van der Waals surface area contributed by atoms with Crippen molar-refractivity contribution in [3.63, 3.8) is 0 Å². The highest BCUT2D eigenvalue weighted by Gasteiger charge is 2.28. The molecule has 1 saturated carbocycles. The highest BCUT2D eigenvalue weighted by molar-refractivity contribution is 6.05. The number of aromatic nitrogens is 3. The van der Waals surface area contributed by atoms with Crippen molar-refractivity contribution in [3.8, 4) is 0 Å². The molecule has 0 saturated heterocycles. The molecule has 7 heteroatoms. The van der Waals surface area contributed by atoms with E-state index in [1.165, 1.54) is 4.57 Å². The molecule has 0 unspecified atom stereocenters. The third-order valence-electron chi connectivity index (χ3n) is 5.46. The summed E-state index contributed by atoms with van der Waals surface area (Å²) in [5.41, 5.74) is 3.50. The molecular weight excluding hydrogens is 368 g/mol. The summed E-state index contributed by atoms with van der Waals surface area (Å²) in [6, 6.07) is 7.77. The first-order valence-corrected chi connectivity index (χ1v) is 9.91. The second-order valence-corrected chi connectivity index (χ2v) is 7.68. The summed E-state index contributed by atoms with van der Waals surface area (Å²) in [5.74, 6) is -0.0592. The minimum Gasteiger partial charge on any atom is -0.348 e. The molecule has 2 heterocycles. The molecule has 150 valence electrons. The number of fused-ring (bicyclic) bond motifs is 1. The number of carbonyl (C=O) groups is 1. The fourth-order valence-electron chi connectivity index (χ4n) is 3.67. The van der Waals surface area contributed by atoms with Crippen molar-refractivity contribution < 1.29 is 4.79 Å². The zero-order valence-electron chi connectivity index (χ0n) is 16.8. The zero-order valence-corrected chi connectivity index (χ0v) is 16.8. The van der Waals surface area contributed by atoms with Gasteiger partial charge in [0.1, 0.15) is 0 Å². The summed E-state index contributed by atoms with van der Waals surface area (Å²) in [7, 11) is 0. The largest absolute Gasteiger partial charge is 0.348 e. The van der Waals surface area contributed by atoms with E-state index >= 15 is 0 Å². The number of nitrogens with one attached hydrogen (secondary N) is 2. The summed E-state index contributed by atoms with van der Waals surface area (Å²) >= 11 is 0. The van der Waals surface area contributed by atoms with Gasteiger partial charge in [0.15, 0.2) is 5.65 Å². The quantitative estimate of drug-likeness (QED) is 0.697. The van der Waals surface area contributed by atoms with Crippen LogP contribution in [0.2, 0.25) is 0 Å². The van der Waals surface area contributed by atoms with Crippen molar-refractivity contribution in [2.45, 2.75) is 52.6 Å². The molecule has 1 fully saturated rings. The molecule has 0 spiro atoms. The molecule has 2 N–H and O–H groups in total. The average Bonchev–Trinajstić information content (AvgIpc) is 3.51. The summed E-state index contributed by atoms with van der Waals surface area (Å²) in [5, 5.41) is 3.09. The molecule has 1 aromatic carbocycles. The van der Waals surface area contributed by atoms with Crippen molar-refractivity contribution in [2.75, 3.05) is 0 Å². The Morgan fingerprint density at radius 3 is 2.66 bits per heavy atom. The van der Waals surface area contributed by atoms with Gasteiger partial charge in [-0.3, -0.25) is 19.1 Å². The molecular formula is C22H24N4O3. The number of pyridine rings is 1. The van der Waals surface area contributed by atoms with Crippen LogP contribution in [0.5, 0.6) is 0 Å². The third-order valence-corrected chi connectivity index (χ3v) is 5.46.